The molecule has 0 N–H and O–H groups in total. The van der Waals surface area contributed by atoms with Crippen LogP contribution in [0.2, 0.25) is 0 Å². The molecule has 2 atom stereocenters. The van der Waals surface area contributed by atoms with E-state index in [9.17, 15) is 9.59 Å². The van der Waals surface area contributed by atoms with Gasteiger partial charge in [-0.2, -0.15) is 0 Å². The molecule has 2 saturated heterocycles. The largest absolute Gasteiger partial charge is 0.368 e. The third-order valence-electron chi connectivity index (χ3n) is 7.32. The molecule has 0 spiro atoms. The van der Waals surface area contributed by atoms with Crippen molar-refractivity contribution in [1.29, 1.82) is 0 Å². The Morgan fingerprint density at radius 1 is 0.794 bits per heavy atom. The van der Waals surface area contributed by atoms with Crippen LogP contribution in [0, 0.1) is 0 Å². The first-order chi connectivity index (χ1) is 16.7. The van der Waals surface area contributed by atoms with Gasteiger partial charge in [0, 0.05) is 49.5 Å². The van der Waals surface area contributed by atoms with E-state index in [1.54, 1.807) is 4.90 Å². The maximum absolute atomic E-state index is 14.3. The van der Waals surface area contributed by atoms with Crippen LogP contribution in [0.5, 0.6) is 0 Å². The van der Waals surface area contributed by atoms with Gasteiger partial charge in [-0.05, 0) is 23.8 Å². The number of amides is 2. The van der Waals surface area contributed by atoms with E-state index < -0.39 is 11.6 Å². The molecule has 2 fully saturated rings. The molecule has 34 heavy (non-hydrogen) atoms. The maximum atomic E-state index is 14.3. The minimum atomic E-state index is -1.12. The van der Waals surface area contributed by atoms with Crippen molar-refractivity contribution in [3.05, 3.63) is 102 Å². The Morgan fingerprint density at radius 3 is 2.18 bits per heavy atom. The van der Waals surface area contributed by atoms with Crippen molar-refractivity contribution in [2.75, 3.05) is 44.2 Å². The van der Waals surface area contributed by atoms with Crippen LogP contribution >= 0.6 is 0 Å². The Balaban J connectivity index is 1.39. The lowest BCUT2D eigenvalue weighted by molar-refractivity contribution is -0.152. The maximum Gasteiger partial charge on any atom is 0.256 e. The van der Waals surface area contributed by atoms with Crippen LogP contribution in [0.25, 0.3) is 0 Å². The third-order valence-corrected chi connectivity index (χ3v) is 7.32. The molecule has 172 valence electrons. The number of piperazine rings is 1. The van der Waals surface area contributed by atoms with Crippen LogP contribution in [0.1, 0.15) is 27.4 Å². The van der Waals surface area contributed by atoms with Gasteiger partial charge in [0.05, 0.1) is 6.61 Å². The van der Waals surface area contributed by atoms with Gasteiger partial charge in [0.25, 0.3) is 5.91 Å². The summed E-state index contributed by atoms with van der Waals surface area (Å²) in [4.78, 5) is 33.8. The number of rotatable bonds is 3. The van der Waals surface area contributed by atoms with Crippen LogP contribution in [-0.2, 0) is 15.3 Å². The van der Waals surface area contributed by atoms with Crippen LogP contribution in [-0.4, -0.2) is 60.9 Å². The normalized spacial score (nSPS) is 24.1. The number of ether oxygens (including phenoxy) is 1. The lowest BCUT2D eigenvalue weighted by Crippen LogP contribution is -2.59. The predicted molar refractivity (Wildman–Crippen MR) is 130 cm³/mol. The summed E-state index contributed by atoms with van der Waals surface area (Å²) in [7, 11) is 0. The molecule has 0 unspecified atom stereocenters. The second kappa shape index (κ2) is 8.29. The molecule has 0 aromatic heterocycles. The van der Waals surface area contributed by atoms with Gasteiger partial charge in [-0.1, -0.05) is 66.7 Å². The highest BCUT2D eigenvalue weighted by molar-refractivity contribution is 6.02. The number of anilines is 1. The van der Waals surface area contributed by atoms with Crippen molar-refractivity contribution < 1.29 is 14.3 Å². The number of hydrogen-bond acceptors (Lipinski definition) is 4. The van der Waals surface area contributed by atoms with Crippen molar-refractivity contribution in [3.8, 4) is 0 Å². The van der Waals surface area contributed by atoms with E-state index in [4.69, 9.17) is 4.74 Å². The van der Waals surface area contributed by atoms with Gasteiger partial charge in [-0.15, -0.1) is 0 Å². The monoisotopic (exact) mass is 453 g/mol. The van der Waals surface area contributed by atoms with Gasteiger partial charge < -0.3 is 19.4 Å². The molecule has 3 aromatic carbocycles. The second-order valence-electron chi connectivity index (χ2n) is 9.04. The Hall–Kier alpha value is -3.64. The number of hydrogen-bond donors (Lipinski definition) is 0. The van der Waals surface area contributed by atoms with E-state index in [1.807, 2.05) is 77.7 Å². The Labute approximate surface area is 199 Å². The van der Waals surface area contributed by atoms with Gasteiger partial charge in [0.2, 0.25) is 5.91 Å². The molecule has 0 saturated carbocycles. The number of carbonyl (C=O) groups excluding carboxylic acids is 2. The van der Waals surface area contributed by atoms with E-state index in [2.05, 4.69) is 17.0 Å². The van der Waals surface area contributed by atoms with Crippen LogP contribution in [0.4, 0.5) is 5.69 Å². The summed E-state index contributed by atoms with van der Waals surface area (Å²) < 4.78 is 6.42. The highest BCUT2D eigenvalue weighted by Crippen LogP contribution is 2.51. The van der Waals surface area contributed by atoms with E-state index in [-0.39, 0.29) is 11.8 Å². The first-order valence-electron chi connectivity index (χ1n) is 11.9. The van der Waals surface area contributed by atoms with Crippen molar-refractivity contribution in [2.45, 2.75) is 11.6 Å². The zero-order valence-corrected chi connectivity index (χ0v) is 19.0. The van der Waals surface area contributed by atoms with Crippen molar-refractivity contribution in [3.63, 3.8) is 0 Å². The van der Waals surface area contributed by atoms with Gasteiger partial charge in [-0.3, -0.25) is 9.59 Å². The molecule has 0 aliphatic carbocycles. The fourth-order valence-corrected chi connectivity index (χ4v) is 5.72. The lowest BCUT2D eigenvalue weighted by Gasteiger charge is -2.48. The lowest BCUT2D eigenvalue weighted by atomic mass is 9.76. The Morgan fingerprint density at radius 2 is 1.44 bits per heavy atom. The SMILES string of the molecule is O=C([C@@H]1c2ccccc2C(=O)N2CCO[C@]12c1ccccc1)N1CCN(c2ccccc2)CC1. The number of para-hydroxylation sites is 1. The summed E-state index contributed by atoms with van der Waals surface area (Å²) in [5.41, 5.74) is 2.25. The fraction of sp³-hybridized carbons (Fsp3) is 0.286. The standard InChI is InChI=1S/C28H27N3O3/c32-26-24-14-8-7-13-23(24)25(28(31(26)19-20-34-28)21-9-3-1-4-10-21)27(33)30-17-15-29(16-18-30)22-11-5-2-6-12-22/h1-14,25H,15-20H2/t25-,28+/m0/s1. The topological polar surface area (TPSA) is 53.1 Å². The molecular formula is C28H27N3O3. The van der Waals surface area contributed by atoms with Gasteiger partial charge in [0.15, 0.2) is 5.72 Å². The molecule has 6 nitrogen and oxygen atoms in total. The highest BCUT2D eigenvalue weighted by Gasteiger charge is 2.60. The smallest absolute Gasteiger partial charge is 0.256 e. The summed E-state index contributed by atoms with van der Waals surface area (Å²) in [6.07, 6.45) is 0. The van der Waals surface area contributed by atoms with Crippen LogP contribution in [0.3, 0.4) is 0 Å². The first kappa shape index (κ1) is 20.9. The zero-order chi connectivity index (χ0) is 23.1. The summed E-state index contributed by atoms with van der Waals surface area (Å²) in [5.74, 6) is -0.673. The number of carbonyl (C=O) groups is 2. The predicted octanol–water partition coefficient (Wildman–Crippen LogP) is 3.46. The van der Waals surface area contributed by atoms with Gasteiger partial charge in [0.1, 0.15) is 5.92 Å². The zero-order valence-electron chi connectivity index (χ0n) is 19.0. The first-order valence-corrected chi connectivity index (χ1v) is 11.9. The van der Waals surface area contributed by atoms with Crippen molar-refractivity contribution in [2.24, 2.45) is 0 Å². The quantitative estimate of drug-likeness (QED) is 0.610. The number of nitrogens with zero attached hydrogens (tertiary/aromatic N) is 3. The van der Waals surface area contributed by atoms with E-state index in [0.29, 0.717) is 31.8 Å². The average Bonchev–Trinajstić information content (AvgIpc) is 3.36. The summed E-state index contributed by atoms with van der Waals surface area (Å²) in [6, 6.07) is 27.6. The summed E-state index contributed by atoms with van der Waals surface area (Å²) in [5, 5.41) is 0. The van der Waals surface area contributed by atoms with Gasteiger partial charge >= 0.3 is 0 Å². The molecule has 6 rings (SSSR count). The minimum absolute atomic E-state index is 0.0171. The molecule has 3 aromatic rings. The van der Waals surface area contributed by atoms with E-state index >= 15 is 0 Å². The Kier molecular flexibility index (Phi) is 5.11. The second-order valence-corrected chi connectivity index (χ2v) is 9.04. The average molecular weight is 454 g/mol. The fourth-order valence-electron chi connectivity index (χ4n) is 5.72. The Bertz CT molecular complexity index is 1210. The molecule has 3 heterocycles. The van der Waals surface area contributed by atoms with Crippen LogP contribution < -0.4 is 4.90 Å². The molecule has 0 bridgehead atoms. The number of fused-ring (bicyclic) bond motifs is 2. The van der Waals surface area contributed by atoms with E-state index in [0.717, 1.165) is 24.2 Å². The molecule has 2 amide bonds. The van der Waals surface area contributed by atoms with Crippen LogP contribution in [0.15, 0.2) is 84.9 Å². The number of benzene rings is 3. The summed E-state index contributed by atoms with van der Waals surface area (Å²) >= 11 is 0. The van der Waals surface area contributed by atoms with Crippen molar-refractivity contribution >= 4 is 17.5 Å². The highest BCUT2D eigenvalue weighted by atomic mass is 16.5. The molecule has 3 aliphatic heterocycles. The molecule has 3 aliphatic rings. The van der Waals surface area contributed by atoms with Gasteiger partial charge in [-0.25, -0.2) is 0 Å². The third kappa shape index (κ3) is 3.13. The summed E-state index contributed by atoms with van der Waals surface area (Å²) in [6.45, 7) is 3.67. The van der Waals surface area contributed by atoms with Crippen molar-refractivity contribution in [1.82, 2.24) is 9.80 Å². The van der Waals surface area contributed by atoms with E-state index in [1.165, 1.54) is 5.69 Å². The molecular weight excluding hydrogens is 426 g/mol. The molecule has 6 heteroatoms. The molecule has 0 radical (unpaired) electrons. The minimum Gasteiger partial charge on any atom is -0.368 e.